The molecule has 0 aliphatic heterocycles. The molecule has 0 saturated heterocycles. The smallest absolute Gasteiger partial charge is 0.255 e. The number of hydrogen-bond donors (Lipinski definition) is 2. The van der Waals surface area contributed by atoms with Gasteiger partial charge in [0.2, 0.25) is 5.91 Å². The van der Waals surface area contributed by atoms with Gasteiger partial charge in [0.15, 0.2) is 11.6 Å². The average molecular weight is 384 g/mol. The van der Waals surface area contributed by atoms with Crippen LogP contribution in [0.15, 0.2) is 42.5 Å². The highest BCUT2D eigenvalue weighted by Crippen LogP contribution is 2.25. The molecule has 28 heavy (non-hydrogen) atoms. The molecule has 5 nitrogen and oxygen atoms in total. The molecule has 0 radical (unpaired) electrons. The SMILES string of the molecule is CCOc1ccc(NC(=O)c2cccc(NC(=O)C3CCCCC3)c2)cc1F. The topological polar surface area (TPSA) is 67.4 Å². The molecule has 6 heteroatoms. The fourth-order valence-electron chi connectivity index (χ4n) is 3.40. The van der Waals surface area contributed by atoms with E-state index in [2.05, 4.69) is 10.6 Å². The van der Waals surface area contributed by atoms with Gasteiger partial charge in [-0.2, -0.15) is 0 Å². The van der Waals surface area contributed by atoms with Gasteiger partial charge >= 0.3 is 0 Å². The number of benzene rings is 2. The second kappa shape index (κ2) is 9.35. The fraction of sp³-hybridized carbons (Fsp3) is 0.364. The lowest BCUT2D eigenvalue weighted by Gasteiger charge is -2.20. The molecule has 2 aromatic rings. The van der Waals surface area contributed by atoms with Crippen LogP contribution in [-0.2, 0) is 4.79 Å². The van der Waals surface area contributed by atoms with E-state index in [1.165, 1.54) is 18.6 Å². The zero-order valence-electron chi connectivity index (χ0n) is 16.0. The third-order valence-electron chi connectivity index (χ3n) is 4.86. The molecule has 2 aromatic carbocycles. The van der Waals surface area contributed by atoms with Crippen molar-refractivity contribution in [2.75, 3.05) is 17.2 Å². The maximum atomic E-state index is 14.0. The fourth-order valence-corrected chi connectivity index (χ4v) is 3.40. The number of rotatable bonds is 6. The van der Waals surface area contributed by atoms with Crippen LogP contribution in [0.4, 0.5) is 15.8 Å². The van der Waals surface area contributed by atoms with E-state index in [1.54, 1.807) is 37.3 Å². The van der Waals surface area contributed by atoms with E-state index >= 15 is 0 Å². The zero-order valence-corrected chi connectivity index (χ0v) is 16.0. The summed E-state index contributed by atoms with van der Waals surface area (Å²) in [5, 5.41) is 5.57. The summed E-state index contributed by atoms with van der Waals surface area (Å²) in [6.45, 7) is 2.14. The lowest BCUT2D eigenvalue weighted by atomic mass is 9.88. The Bertz CT molecular complexity index is 847. The molecular weight excluding hydrogens is 359 g/mol. The van der Waals surface area contributed by atoms with Crippen molar-refractivity contribution < 1.29 is 18.7 Å². The van der Waals surface area contributed by atoms with Gasteiger partial charge in [0.05, 0.1) is 6.61 Å². The molecule has 0 spiro atoms. The highest BCUT2D eigenvalue weighted by atomic mass is 19.1. The Hall–Kier alpha value is -2.89. The summed E-state index contributed by atoms with van der Waals surface area (Å²) in [6, 6.07) is 11.0. The molecule has 0 heterocycles. The number of halogens is 1. The summed E-state index contributed by atoms with van der Waals surface area (Å²) in [6.07, 6.45) is 5.18. The van der Waals surface area contributed by atoms with Gasteiger partial charge in [0, 0.05) is 28.9 Å². The van der Waals surface area contributed by atoms with Gasteiger partial charge in [-0.3, -0.25) is 9.59 Å². The predicted octanol–water partition coefficient (Wildman–Crippen LogP) is 5.00. The monoisotopic (exact) mass is 384 g/mol. The first-order valence-corrected chi connectivity index (χ1v) is 9.71. The molecule has 0 bridgehead atoms. The molecule has 0 aromatic heterocycles. The van der Waals surface area contributed by atoms with Crippen LogP contribution in [0.1, 0.15) is 49.4 Å². The molecule has 3 rings (SSSR count). The second-order valence-electron chi connectivity index (χ2n) is 6.94. The molecule has 0 atom stereocenters. The number of carbonyl (C=O) groups is 2. The van der Waals surface area contributed by atoms with Gasteiger partial charge in [-0.15, -0.1) is 0 Å². The standard InChI is InChI=1S/C22H25FN2O3/c1-2-28-20-12-11-18(14-19(20)23)25-22(27)16-9-6-10-17(13-16)24-21(26)15-7-4-3-5-8-15/h6,9-15H,2-5,7-8H2,1H3,(H,24,26)(H,25,27). The molecule has 2 amide bonds. The Labute approximate surface area is 164 Å². The number of nitrogens with one attached hydrogen (secondary N) is 2. The molecular formula is C22H25FN2O3. The van der Waals surface area contributed by atoms with Crippen molar-refractivity contribution in [2.24, 2.45) is 5.92 Å². The van der Waals surface area contributed by atoms with Crippen LogP contribution in [0.2, 0.25) is 0 Å². The molecule has 0 unspecified atom stereocenters. The van der Waals surface area contributed by atoms with Crippen molar-refractivity contribution in [3.05, 3.63) is 53.8 Å². The number of anilines is 2. The maximum Gasteiger partial charge on any atom is 0.255 e. The van der Waals surface area contributed by atoms with E-state index in [0.29, 0.717) is 23.5 Å². The van der Waals surface area contributed by atoms with Crippen LogP contribution in [0.5, 0.6) is 5.75 Å². The van der Waals surface area contributed by atoms with Gasteiger partial charge < -0.3 is 15.4 Å². The zero-order chi connectivity index (χ0) is 19.9. The lowest BCUT2D eigenvalue weighted by molar-refractivity contribution is -0.120. The summed E-state index contributed by atoms with van der Waals surface area (Å²) in [7, 11) is 0. The van der Waals surface area contributed by atoms with E-state index in [1.807, 2.05) is 0 Å². The van der Waals surface area contributed by atoms with Crippen molar-refractivity contribution in [3.8, 4) is 5.75 Å². The number of amides is 2. The van der Waals surface area contributed by atoms with Gasteiger partial charge in [-0.1, -0.05) is 25.3 Å². The number of ether oxygens (including phenoxy) is 1. The van der Waals surface area contributed by atoms with Crippen LogP contribution >= 0.6 is 0 Å². The Morgan fingerprint density at radius 2 is 1.79 bits per heavy atom. The molecule has 1 fully saturated rings. The third kappa shape index (κ3) is 5.09. The van der Waals surface area contributed by atoms with Crippen molar-refractivity contribution >= 4 is 23.2 Å². The summed E-state index contributed by atoms with van der Waals surface area (Å²) >= 11 is 0. The molecule has 148 valence electrons. The van der Waals surface area contributed by atoms with Crippen molar-refractivity contribution in [1.29, 1.82) is 0 Å². The van der Waals surface area contributed by atoms with Gasteiger partial charge in [0.25, 0.3) is 5.91 Å². The van der Waals surface area contributed by atoms with Crippen LogP contribution < -0.4 is 15.4 Å². The Balaban J connectivity index is 1.65. The molecule has 2 N–H and O–H groups in total. The second-order valence-corrected chi connectivity index (χ2v) is 6.94. The van der Waals surface area contributed by atoms with E-state index in [-0.39, 0.29) is 23.5 Å². The van der Waals surface area contributed by atoms with Gasteiger partial charge in [0.1, 0.15) is 0 Å². The minimum absolute atomic E-state index is 0.00541. The largest absolute Gasteiger partial charge is 0.491 e. The number of hydrogen-bond acceptors (Lipinski definition) is 3. The van der Waals surface area contributed by atoms with Gasteiger partial charge in [-0.05, 0) is 50.1 Å². The van der Waals surface area contributed by atoms with Crippen LogP contribution in [-0.4, -0.2) is 18.4 Å². The Kier molecular flexibility index (Phi) is 6.63. The predicted molar refractivity (Wildman–Crippen MR) is 107 cm³/mol. The summed E-state index contributed by atoms with van der Waals surface area (Å²) in [5.74, 6) is -0.720. The minimum Gasteiger partial charge on any atom is -0.491 e. The summed E-state index contributed by atoms with van der Waals surface area (Å²) in [5.41, 5.74) is 1.31. The highest BCUT2D eigenvalue weighted by molar-refractivity contribution is 6.05. The quantitative estimate of drug-likeness (QED) is 0.737. The van der Waals surface area contributed by atoms with E-state index in [4.69, 9.17) is 4.74 Å². The van der Waals surface area contributed by atoms with E-state index in [0.717, 1.165) is 25.7 Å². The third-order valence-corrected chi connectivity index (χ3v) is 4.86. The maximum absolute atomic E-state index is 14.0. The molecule has 1 aliphatic rings. The average Bonchev–Trinajstić information content (AvgIpc) is 2.71. The van der Waals surface area contributed by atoms with Crippen molar-refractivity contribution in [1.82, 2.24) is 0 Å². The minimum atomic E-state index is -0.534. The van der Waals surface area contributed by atoms with Crippen LogP contribution in [0.3, 0.4) is 0 Å². The van der Waals surface area contributed by atoms with Crippen LogP contribution in [0.25, 0.3) is 0 Å². The summed E-state index contributed by atoms with van der Waals surface area (Å²) < 4.78 is 19.1. The Morgan fingerprint density at radius 3 is 2.50 bits per heavy atom. The van der Waals surface area contributed by atoms with E-state index < -0.39 is 5.82 Å². The van der Waals surface area contributed by atoms with Gasteiger partial charge in [-0.25, -0.2) is 4.39 Å². The summed E-state index contributed by atoms with van der Waals surface area (Å²) in [4.78, 5) is 24.9. The molecule has 1 aliphatic carbocycles. The van der Waals surface area contributed by atoms with E-state index in [9.17, 15) is 14.0 Å². The lowest BCUT2D eigenvalue weighted by Crippen LogP contribution is -2.24. The highest BCUT2D eigenvalue weighted by Gasteiger charge is 2.21. The molecule has 1 saturated carbocycles. The van der Waals surface area contributed by atoms with Crippen LogP contribution in [0, 0.1) is 11.7 Å². The first kappa shape index (κ1) is 19.9. The first-order valence-electron chi connectivity index (χ1n) is 9.71. The van der Waals surface area contributed by atoms with Crippen molar-refractivity contribution in [2.45, 2.75) is 39.0 Å². The van der Waals surface area contributed by atoms with Crippen molar-refractivity contribution in [3.63, 3.8) is 0 Å². The Morgan fingerprint density at radius 1 is 1.04 bits per heavy atom. The number of carbonyl (C=O) groups excluding carboxylic acids is 2. The first-order chi connectivity index (χ1) is 13.6. The normalized spacial score (nSPS) is 14.4.